The first-order valence-electron chi connectivity index (χ1n) is 6.98. The van der Waals surface area contributed by atoms with Crippen molar-refractivity contribution < 1.29 is 9.32 Å². The molecular formula is C15H18N4O2. The van der Waals surface area contributed by atoms with Crippen LogP contribution in [0.15, 0.2) is 28.8 Å². The summed E-state index contributed by atoms with van der Waals surface area (Å²) in [4.78, 5) is 14.2. The quantitative estimate of drug-likeness (QED) is 0.843. The highest BCUT2D eigenvalue weighted by molar-refractivity contribution is 5.93. The first-order valence-corrected chi connectivity index (χ1v) is 6.98. The fourth-order valence-corrected chi connectivity index (χ4v) is 2.64. The number of aryl methyl sites for hydroxylation is 2. The second kappa shape index (κ2) is 5.47. The van der Waals surface area contributed by atoms with E-state index in [1.165, 1.54) is 5.56 Å². The van der Waals surface area contributed by atoms with Crippen LogP contribution in [-0.2, 0) is 11.2 Å². The van der Waals surface area contributed by atoms with E-state index < -0.39 is 0 Å². The Balaban J connectivity index is 1.70. The summed E-state index contributed by atoms with van der Waals surface area (Å²) in [5.41, 5.74) is 8.86. The molecule has 0 saturated heterocycles. The molecule has 1 aromatic heterocycles. The predicted octanol–water partition coefficient (Wildman–Crippen LogP) is 1.96. The summed E-state index contributed by atoms with van der Waals surface area (Å²) >= 11 is 0. The highest BCUT2D eigenvalue weighted by Crippen LogP contribution is 2.28. The molecule has 2 heterocycles. The van der Waals surface area contributed by atoms with E-state index in [1.54, 1.807) is 13.0 Å². The van der Waals surface area contributed by atoms with Crippen molar-refractivity contribution in [2.75, 3.05) is 29.0 Å². The standard InChI is InChI=1S/C15H18N4O2/c1-10-7-14(18-21-10)17-15(20)9-19-6-2-3-11-8-12(16)4-5-13(11)19/h4-5,7-8H,2-3,6,9,16H2,1H3,(H,17,18,20). The average molecular weight is 286 g/mol. The first-order chi connectivity index (χ1) is 10.1. The SMILES string of the molecule is Cc1cc(NC(=O)CN2CCCc3cc(N)ccc32)no1. The minimum Gasteiger partial charge on any atom is -0.399 e. The molecule has 3 rings (SSSR count). The van der Waals surface area contributed by atoms with E-state index in [9.17, 15) is 4.79 Å². The molecule has 0 atom stereocenters. The zero-order chi connectivity index (χ0) is 14.8. The molecule has 0 saturated carbocycles. The van der Waals surface area contributed by atoms with Gasteiger partial charge in [-0.25, -0.2) is 0 Å². The van der Waals surface area contributed by atoms with Gasteiger partial charge in [-0.2, -0.15) is 0 Å². The van der Waals surface area contributed by atoms with Crippen molar-refractivity contribution in [3.8, 4) is 0 Å². The lowest BCUT2D eigenvalue weighted by Crippen LogP contribution is -2.36. The van der Waals surface area contributed by atoms with Gasteiger partial charge in [0, 0.05) is 24.0 Å². The van der Waals surface area contributed by atoms with E-state index >= 15 is 0 Å². The average Bonchev–Trinajstić information content (AvgIpc) is 2.83. The van der Waals surface area contributed by atoms with Crippen LogP contribution < -0.4 is 16.0 Å². The largest absolute Gasteiger partial charge is 0.399 e. The number of carbonyl (C=O) groups excluding carboxylic acids is 1. The smallest absolute Gasteiger partial charge is 0.245 e. The van der Waals surface area contributed by atoms with Gasteiger partial charge in [-0.1, -0.05) is 5.16 Å². The number of nitrogen functional groups attached to an aromatic ring is 1. The Hall–Kier alpha value is -2.50. The Bertz CT molecular complexity index is 665. The van der Waals surface area contributed by atoms with Crippen LogP contribution in [-0.4, -0.2) is 24.2 Å². The zero-order valence-corrected chi connectivity index (χ0v) is 11.9. The molecule has 6 heteroatoms. The van der Waals surface area contributed by atoms with Crippen LogP contribution in [0, 0.1) is 6.92 Å². The molecular weight excluding hydrogens is 268 g/mol. The highest BCUT2D eigenvalue weighted by atomic mass is 16.5. The third-order valence-electron chi connectivity index (χ3n) is 3.55. The summed E-state index contributed by atoms with van der Waals surface area (Å²) in [6.45, 7) is 2.94. The number of hydrogen-bond donors (Lipinski definition) is 2. The molecule has 0 radical (unpaired) electrons. The van der Waals surface area contributed by atoms with Crippen molar-refractivity contribution in [2.24, 2.45) is 0 Å². The van der Waals surface area contributed by atoms with Crippen LogP contribution in [0.4, 0.5) is 17.2 Å². The van der Waals surface area contributed by atoms with Crippen molar-refractivity contribution in [1.29, 1.82) is 0 Å². The summed E-state index contributed by atoms with van der Waals surface area (Å²) in [5.74, 6) is 1.02. The molecule has 110 valence electrons. The fraction of sp³-hybridized carbons (Fsp3) is 0.333. The molecule has 0 unspecified atom stereocenters. The molecule has 1 aliphatic heterocycles. The van der Waals surface area contributed by atoms with Gasteiger partial charge < -0.3 is 20.5 Å². The van der Waals surface area contributed by atoms with Gasteiger partial charge in [0.2, 0.25) is 5.91 Å². The third-order valence-corrected chi connectivity index (χ3v) is 3.55. The zero-order valence-electron chi connectivity index (χ0n) is 11.9. The van der Waals surface area contributed by atoms with Gasteiger partial charge in [-0.15, -0.1) is 0 Å². The van der Waals surface area contributed by atoms with Crippen molar-refractivity contribution in [2.45, 2.75) is 19.8 Å². The molecule has 6 nitrogen and oxygen atoms in total. The van der Waals surface area contributed by atoms with Gasteiger partial charge >= 0.3 is 0 Å². The Morgan fingerprint density at radius 2 is 2.33 bits per heavy atom. The number of benzene rings is 1. The maximum atomic E-state index is 12.1. The number of nitrogens with one attached hydrogen (secondary N) is 1. The summed E-state index contributed by atoms with van der Waals surface area (Å²) in [6, 6.07) is 7.54. The van der Waals surface area contributed by atoms with E-state index in [0.29, 0.717) is 18.1 Å². The molecule has 0 fully saturated rings. The van der Waals surface area contributed by atoms with Gasteiger partial charge in [-0.05, 0) is 43.5 Å². The number of carbonyl (C=O) groups is 1. The summed E-state index contributed by atoms with van der Waals surface area (Å²) in [7, 11) is 0. The Kier molecular flexibility index (Phi) is 3.51. The first kappa shape index (κ1) is 13.5. The third kappa shape index (κ3) is 2.99. The molecule has 0 spiro atoms. The Morgan fingerprint density at radius 3 is 3.10 bits per heavy atom. The number of nitrogens with zero attached hydrogens (tertiary/aromatic N) is 2. The van der Waals surface area contributed by atoms with Gasteiger partial charge in [-0.3, -0.25) is 4.79 Å². The van der Waals surface area contributed by atoms with Crippen LogP contribution in [0.25, 0.3) is 0 Å². The lowest BCUT2D eigenvalue weighted by Gasteiger charge is -2.30. The molecule has 0 bridgehead atoms. The minimum atomic E-state index is -0.104. The van der Waals surface area contributed by atoms with Gasteiger partial charge in [0.15, 0.2) is 5.82 Å². The van der Waals surface area contributed by atoms with E-state index in [4.69, 9.17) is 10.3 Å². The lowest BCUT2D eigenvalue weighted by molar-refractivity contribution is -0.115. The monoisotopic (exact) mass is 286 g/mol. The maximum absolute atomic E-state index is 12.1. The van der Waals surface area contributed by atoms with Crippen LogP contribution >= 0.6 is 0 Å². The van der Waals surface area contributed by atoms with E-state index in [-0.39, 0.29) is 5.91 Å². The molecule has 0 aliphatic carbocycles. The molecule has 3 N–H and O–H groups in total. The van der Waals surface area contributed by atoms with Crippen molar-refractivity contribution in [1.82, 2.24) is 5.16 Å². The van der Waals surface area contributed by atoms with Gasteiger partial charge in [0.05, 0.1) is 6.54 Å². The van der Waals surface area contributed by atoms with Crippen LogP contribution in [0.3, 0.4) is 0 Å². The number of aromatic nitrogens is 1. The van der Waals surface area contributed by atoms with Crippen molar-refractivity contribution in [3.05, 3.63) is 35.6 Å². The molecule has 2 aromatic rings. The van der Waals surface area contributed by atoms with Crippen LogP contribution in [0.2, 0.25) is 0 Å². The number of anilines is 3. The van der Waals surface area contributed by atoms with Crippen molar-refractivity contribution in [3.63, 3.8) is 0 Å². The molecule has 1 amide bonds. The molecule has 21 heavy (non-hydrogen) atoms. The van der Waals surface area contributed by atoms with Gasteiger partial charge in [0.1, 0.15) is 5.76 Å². The number of fused-ring (bicyclic) bond motifs is 1. The Labute approximate surface area is 122 Å². The van der Waals surface area contributed by atoms with E-state index in [2.05, 4.69) is 15.4 Å². The predicted molar refractivity (Wildman–Crippen MR) is 81.3 cm³/mol. The number of amides is 1. The van der Waals surface area contributed by atoms with E-state index in [0.717, 1.165) is 30.8 Å². The molecule has 1 aromatic carbocycles. The van der Waals surface area contributed by atoms with E-state index in [1.807, 2.05) is 18.2 Å². The topological polar surface area (TPSA) is 84.4 Å². The fourth-order valence-electron chi connectivity index (χ4n) is 2.64. The van der Waals surface area contributed by atoms with Crippen molar-refractivity contribution >= 4 is 23.1 Å². The second-order valence-electron chi connectivity index (χ2n) is 5.28. The normalized spacial score (nSPS) is 13.9. The minimum absolute atomic E-state index is 0.104. The van der Waals surface area contributed by atoms with Crippen LogP contribution in [0.5, 0.6) is 0 Å². The summed E-state index contributed by atoms with van der Waals surface area (Å²) in [5, 5.41) is 6.50. The lowest BCUT2D eigenvalue weighted by atomic mass is 10.0. The molecule has 1 aliphatic rings. The Morgan fingerprint density at radius 1 is 1.48 bits per heavy atom. The number of nitrogens with two attached hydrogens (primary N) is 1. The van der Waals surface area contributed by atoms with Gasteiger partial charge in [0.25, 0.3) is 0 Å². The van der Waals surface area contributed by atoms with Crippen LogP contribution in [0.1, 0.15) is 17.7 Å². The highest BCUT2D eigenvalue weighted by Gasteiger charge is 2.19. The maximum Gasteiger partial charge on any atom is 0.245 e. The number of rotatable bonds is 3. The summed E-state index contributed by atoms with van der Waals surface area (Å²) < 4.78 is 4.93. The summed E-state index contributed by atoms with van der Waals surface area (Å²) in [6.07, 6.45) is 2.02. The number of hydrogen-bond acceptors (Lipinski definition) is 5. The second-order valence-corrected chi connectivity index (χ2v) is 5.28.